The van der Waals surface area contributed by atoms with E-state index in [-0.39, 0.29) is 59.6 Å². The molecule has 1 aromatic carbocycles. The number of Topliss-reactive ketones (excluding diaryl/α,β-unsaturated/α-hetero) is 1. The Morgan fingerprint density at radius 2 is 1.57 bits per heavy atom. The third-order valence-corrected chi connectivity index (χ3v) is 2.83. The molecule has 0 aliphatic heterocycles. The van der Waals surface area contributed by atoms with Crippen molar-refractivity contribution >= 4 is 5.78 Å². The first kappa shape index (κ1) is 26.4. The Bertz CT molecular complexity index is 362. The van der Waals surface area contributed by atoms with Gasteiger partial charge in [-0.25, -0.2) is 0 Å². The molecule has 0 unspecified atom stereocenters. The van der Waals surface area contributed by atoms with E-state index >= 15 is 0 Å². The number of benzene rings is 1. The normalized spacial score (nSPS) is 9.00. The van der Waals surface area contributed by atoms with Crippen LogP contribution in [0.1, 0.15) is 37.8 Å². The van der Waals surface area contributed by atoms with E-state index in [0.29, 0.717) is 12.3 Å². The molecule has 0 aliphatic carbocycles. The Morgan fingerprint density at radius 1 is 1.14 bits per heavy atom. The summed E-state index contributed by atoms with van der Waals surface area (Å²) in [5.41, 5.74) is 2.33. The van der Waals surface area contributed by atoms with E-state index in [1.54, 1.807) is 0 Å². The van der Waals surface area contributed by atoms with Gasteiger partial charge in [-0.3, -0.25) is 0 Å². The molecule has 0 heterocycles. The average molecular weight is 531 g/mol. The molecule has 0 spiro atoms. The van der Waals surface area contributed by atoms with Crippen molar-refractivity contribution in [1.82, 2.24) is 0 Å². The van der Waals surface area contributed by atoms with Crippen molar-refractivity contribution in [3.05, 3.63) is 62.6 Å². The SMILES string of the molecule is C[CH-]C.[CH2-]CC(C[CH2-])Cc1ccccc1CC([CH2-])=O.[W+2].[Y]. The van der Waals surface area contributed by atoms with Crippen molar-refractivity contribution in [3.63, 3.8) is 0 Å². The zero-order chi connectivity index (χ0) is 14.7. The largest absolute Gasteiger partial charge is 2.00 e. The molecule has 0 aliphatic rings. The third kappa shape index (κ3) is 12.8. The Kier molecular flexibility index (Phi) is 21.3. The molecule has 3 heteroatoms. The summed E-state index contributed by atoms with van der Waals surface area (Å²) in [6, 6.07) is 8.05. The van der Waals surface area contributed by atoms with Gasteiger partial charge in [-0.15, -0.1) is 0 Å². The summed E-state index contributed by atoms with van der Waals surface area (Å²) in [6.07, 6.45) is 5.15. The molecule has 1 aromatic rings. The topological polar surface area (TPSA) is 17.1 Å². The Balaban J connectivity index is -0.000000596. The van der Waals surface area contributed by atoms with Gasteiger partial charge >= 0.3 is 21.1 Å². The van der Waals surface area contributed by atoms with E-state index in [4.69, 9.17) is 0 Å². The first-order valence-corrected chi connectivity index (χ1v) is 6.83. The predicted molar refractivity (Wildman–Crippen MR) is 83.3 cm³/mol. The summed E-state index contributed by atoms with van der Waals surface area (Å²) in [5.74, 6) is 0.467. The van der Waals surface area contributed by atoms with Gasteiger partial charge < -0.3 is 32.0 Å². The van der Waals surface area contributed by atoms with Gasteiger partial charge in [-0.05, 0) is 17.5 Å². The van der Waals surface area contributed by atoms with Crippen molar-refractivity contribution < 1.29 is 58.6 Å². The maximum Gasteiger partial charge on any atom is 2.00 e. The number of hydrogen-bond acceptors (Lipinski definition) is 1. The Hall–Kier alpha value is 0.552. The van der Waals surface area contributed by atoms with Crippen LogP contribution < -0.4 is 0 Å². The van der Waals surface area contributed by atoms with E-state index < -0.39 is 0 Å². The Morgan fingerprint density at radius 3 is 1.95 bits per heavy atom. The van der Waals surface area contributed by atoms with Crippen molar-refractivity contribution in [2.24, 2.45) is 5.92 Å². The third-order valence-electron chi connectivity index (χ3n) is 2.83. The van der Waals surface area contributed by atoms with Crippen molar-refractivity contribution in [3.8, 4) is 0 Å². The van der Waals surface area contributed by atoms with Crippen molar-refractivity contribution in [1.29, 1.82) is 0 Å². The summed E-state index contributed by atoms with van der Waals surface area (Å²) in [7, 11) is 0. The van der Waals surface area contributed by atoms with Crippen LogP contribution in [-0.4, -0.2) is 5.78 Å². The molecule has 21 heavy (non-hydrogen) atoms. The number of carbonyl (C=O) groups excluding carboxylic acids is 1. The number of rotatable bonds is 6. The summed E-state index contributed by atoms with van der Waals surface area (Å²) in [6.45, 7) is 15.3. The molecule has 0 bridgehead atoms. The van der Waals surface area contributed by atoms with E-state index in [2.05, 4.69) is 26.8 Å². The van der Waals surface area contributed by atoms with Gasteiger partial charge in [0.2, 0.25) is 0 Å². The predicted octanol–water partition coefficient (Wildman–Crippen LogP) is 4.46. The summed E-state index contributed by atoms with van der Waals surface area (Å²) < 4.78 is 0. The van der Waals surface area contributed by atoms with Crippen molar-refractivity contribution in [2.45, 2.75) is 39.5 Å². The molecule has 0 N–H and O–H groups in total. The standard InChI is InChI=1S/C15H19O.C3H7.W.Y/c1-4-13(5-2)11-15-9-7-6-8-14(15)10-12(3)16;1-3-2;;/h6-9,13H,1-5,10-11H2;3H,1-2H3;;/q-3;-1;+2;. The van der Waals surface area contributed by atoms with Crippen LogP contribution in [0.5, 0.6) is 0 Å². The second-order valence-electron chi connectivity index (χ2n) is 4.71. The maximum atomic E-state index is 11.1. The van der Waals surface area contributed by atoms with Crippen LogP contribution in [0.3, 0.4) is 0 Å². The van der Waals surface area contributed by atoms with Gasteiger partial charge in [0.25, 0.3) is 0 Å². The molecular weight excluding hydrogens is 505 g/mol. The van der Waals surface area contributed by atoms with Crippen LogP contribution in [0.2, 0.25) is 0 Å². The monoisotopic (exact) mass is 531 g/mol. The molecule has 0 saturated carbocycles. The van der Waals surface area contributed by atoms with Crippen LogP contribution in [0.25, 0.3) is 0 Å². The first-order chi connectivity index (χ1) is 9.08. The van der Waals surface area contributed by atoms with E-state index in [0.717, 1.165) is 24.8 Å². The molecular formula is C18H26OWY-2. The van der Waals surface area contributed by atoms with Gasteiger partial charge in [0.05, 0.1) is 0 Å². The van der Waals surface area contributed by atoms with Crippen LogP contribution in [0.15, 0.2) is 24.3 Å². The second kappa shape index (κ2) is 16.9. The molecule has 1 nitrogen and oxygen atoms in total. The molecule has 0 saturated heterocycles. The molecule has 0 fully saturated rings. The van der Waals surface area contributed by atoms with Crippen LogP contribution >= 0.6 is 0 Å². The Labute approximate surface area is 171 Å². The average Bonchev–Trinajstić information content (AvgIpc) is 2.38. The minimum Gasteiger partial charge on any atom is -0.343 e. The molecule has 1 radical (unpaired) electrons. The molecule has 0 amide bonds. The van der Waals surface area contributed by atoms with Gasteiger partial charge in [-0.2, -0.15) is 26.7 Å². The minimum absolute atomic E-state index is 0. The maximum absolute atomic E-state index is 11.1. The molecule has 1 rings (SSSR count). The molecule has 0 atom stereocenters. The van der Waals surface area contributed by atoms with E-state index in [1.807, 2.05) is 38.5 Å². The van der Waals surface area contributed by atoms with Crippen molar-refractivity contribution in [2.75, 3.05) is 0 Å². The number of carbonyl (C=O) groups is 1. The van der Waals surface area contributed by atoms with Crippen LogP contribution in [0.4, 0.5) is 0 Å². The zero-order valence-corrected chi connectivity index (χ0v) is 19.1. The quantitative estimate of drug-likeness (QED) is 0.496. The van der Waals surface area contributed by atoms with Gasteiger partial charge in [-0.1, -0.05) is 30.2 Å². The number of ketones is 1. The molecule has 115 valence electrons. The van der Waals surface area contributed by atoms with Gasteiger partial charge in [0, 0.05) is 44.9 Å². The van der Waals surface area contributed by atoms with Gasteiger partial charge in [0.15, 0.2) is 0 Å². The van der Waals surface area contributed by atoms with E-state index in [9.17, 15) is 4.79 Å². The van der Waals surface area contributed by atoms with E-state index in [1.165, 1.54) is 5.56 Å². The summed E-state index contributed by atoms with van der Waals surface area (Å²) >= 11 is 0. The fourth-order valence-corrected chi connectivity index (χ4v) is 1.80. The first-order valence-electron chi connectivity index (χ1n) is 6.83. The van der Waals surface area contributed by atoms with Crippen LogP contribution in [0, 0.1) is 33.1 Å². The minimum atomic E-state index is -0.0340. The zero-order valence-electron chi connectivity index (χ0n) is 13.3. The van der Waals surface area contributed by atoms with Gasteiger partial charge in [0.1, 0.15) is 0 Å². The number of hydrogen-bond donors (Lipinski definition) is 0. The van der Waals surface area contributed by atoms with Crippen LogP contribution in [-0.2, 0) is 71.4 Å². The fraction of sp³-hybridized carbons (Fsp3) is 0.389. The summed E-state index contributed by atoms with van der Waals surface area (Å²) in [4.78, 5) is 11.1. The fourth-order valence-electron chi connectivity index (χ4n) is 1.80. The smallest absolute Gasteiger partial charge is 0.343 e. The summed E-state index contributed by atoms with van der Waals surface area (Å²) in [5, 5.41) is 0. The second-order valence-corrected chi connectivity index (χ2v) is 4.71. The molecule has 0 aromatic heterocycles.